The molecule has 1 heterocycles. The fourth-order valence-electron chi connectivity index (χ4n) is 3.43. The first-order valence-electron chi connectivity index (χ1n) is 10.7. The molecule has 0 aromatic heterocycles. The van der Waals surface area contributed by atoms with E-state index in [2.05, 4.69) is 10.3 Å². The number of anilines is 1. The van der Waals surface area contributed by atoms with Gasteiger partial charge in [0.1, 0.15) is 16.5 Å². The van der Waals surface area contributed by atoms with Crippen molar-refractivity contribution in [1.82, 2.24) is 0 Å². The number of hydrogen-bond donors (Lipinski definition) is 2. The molecule has 0 radical (unpaired) electrons. The van der Waals surface area contributed by atoms with Gasteiger partial charge >= 0.3 is 10.2 Å². The summed E-state index contributed by atoms with van der Waals surface area (Å²) < 4.78 is 89.9. The summed E-state index contributed by atoms with van der Waals surface area (Å²) in [6.45, 7) is 0.159. The van der Waals surface area contributed by atoms with Gasteiger partial charge in [-0.1, -0.05) is 25.5 Å². The number of nitriles is 1. The highest BCUT2D eigenvalue weighted by Crippen LogP contribution is 3.02. The van der Waals surface area contributed by atoms with Gasteiger partial charge in [0.25, 0.3) is 5.91 Å². The highest BCUT2D eigenvalue weighted by atomic mass is 32.5. The standard InChI is InChI=1S/C23H22F6N4O3S/c24-21-8-18(7-15(10-30)23(21)16(11-31)12-32-17-3-2-6-35-13-17)33-22(34)14-36-19-4-1-5-20(9-19)37(25,26,27,28)29/h1,4-5,7-9,11-12,17H,2-3,6,13-14,31H2,(H,33,34)/b16-11+,32-12?. The number of aliphatic imine (C=N–C) groups is 1. The van der Waals surface area contributed by atoms with Crippen molar-refractivity contribution in [3.05, 3.63) is 59.5 Å². The smallest absolute Gasteiger partial charge is 0.310 e. The number of nitrogens with one attached hydrogen (secondary N) is 1. The molecule has 0 aliphatic carbocycles. The maximum Gasteiger partial charge on any atom is 0.310 e. The number of rotatable bonds is 8. The Labute approximate surface area is 208 Å². The second-order valence-corrected chi connectivity index (χ2v) is 10.5. The van der Waals surface area contributed by atoms with E-state index in [9.17, 15) is 33.9 Å². The number of nitrogens with zero attached hydrogens (tertiary/aromatic N) is 2. The van der Waals surface area contributed by atoms with E-state index >= 15 is 0 Å². The lowest BCUT2D eigenvalue weighted by Crippen LogP contribution is -2.21. The SMILES string of the molecule is N#Cc1cc(NC(=O)COc2cccc(S(F)(F)(F)(F)F)c2)cc(F)c1/C(C=NC1CCCOC1)=C/N. The van der Waals surface area contributed by atoms with E-state index in [0.717, 1.165) is 37.2 Å². The van der Waals surface area contributed by atoms with Crippen LogP contribution in [-0.2, 0) is 9.53 Å². The van der Waals surface area contributed by atoms with Crippen LogP contribution in [0.15, 0.2) is 52.5 Å². The summed E-state index contributed by atoms with van der Waals surface area (Å²) >= 11 is 0. The van der Waals surface area contributed by atoms with Gasteiger partial charge in [0.15, 0.2) is 6.61 Å². The van der Waals surface area contributed by atoms with E-state index in [1.54, 1.807) is 0 Å². The predicted molar refractivity (Wildman–Crippen MR) is 128 cm³/mol. The number of carbonyl (C=O) groups excluding carboxylic acids is 1. The van der Waals surface area contributed by atoms with E-state index in [0.29, 0.717) is 19.3 Å². The van der Waals surface area contributed by atoms with Gasteiger partial charge in [-0.15, -0.1) is 0 Å². The van der Waals surface area contributed by atoms with Crippen LogP contribution in [0.4, 0.5) is 29.5 Å². The Bertz CT molecular complexity index is 1290. The van der Waals surface area contributed by atoms with Crippen molar-refractivity contribution >= 4 is 33.6 Å². The molecular weight excluding hydrogens is 526 g/mol. The van der Waals surface area contributed by atoms with E-state index < -0.39 is 39.2 Å². The molecule has 2 aromatic rings. The first-order chi connectivity index (χ1) is 17.2. The van der Waals surface area contributed by atoms with Crippen LogP contribution in [0.2, 0.25) is 0 Å². The predicted octanol–water partition coefficient (Wildman–Crippen LogP) is 5.92. The van der Waals surface area contributed by atoms with E-state index in [4.69, 9.17) is 15.2 Å². The molecule has 7 nitrogen and oxygen atoms in total. The first kappa shape index (κ1) is 27.9. The lowest BCUT2D eigenvalue weighted by atomic mass is 9.99. The van der Waals surface area contributed by atoms with Gasteiger partial charge in [-0.05, 0) is 37.1 Å². The average molecular weight is 549 g/mol. The van der Waals surface area contributed by atoms with Crippen molar-refractivity contribution in [3.63, 3.8) is 0 Å². The maximum atomic E-state index is 14.9. The van der Waals surface area contributed by atoms with Crippen LogP contribution in [-0.4, -0.2) is 38.0 Å². The van der Waals surface area contributed by atoms with Crippen LogP contribution in [0.5, 0.6) is 5.75 Å². The molecule has 1 aliphatic rings. The Morgan fingerprint density at radius 1 is 1.27 bits per heavy atom. The minimum Gasteiger partial charge on any atom is -0.484 e. The van der Waals surface area contributed by atoms with Gasteiger partial charge in [0.2, 0.25) is 0 Å². The van der Waals surface area contributed by atoms with Crippen molar-refractivity contribution in [2.24, 2.45) is 10.7 Å². The van der Waals surface area contributed by atoms with Crippen LogP contribution < -0.4 is 15.8 Å². The molecule has 200 valence electrons. The van der Waals surface area contributed by atoms with E-state index in [-0.39, 0.29) is 40.6 Å². The molecule has 14 heteroatoms. The zero-order valence-corrected chi connectivity index (χ0v) is 19.9. The Kier molecular flexibility index (Phi) is 7.52. The Morgan fingerprint density at radius 2 is 2.03 bits per heavy atom. The summed E-state index contributed by atoms with van der Waals surface area (Å²) in [5.74, 6) is -2.47. The molecular formula is C23H22F6N4O3S. The largest absolute Gasteiger partial charge is 0.484 e. The third-order valence-electron chi connectivity index (χ3n) is 5.14. The monoisotopic (exact) mass is 548 g/mol. The second kappa shape index (κ2) is 9.98. The fourth-order valence-corrected chi connectivity index (χ4v) is 4.10. The molecule has 1 saturated heterocycles. The van der Waals surface area contributed by atoms with Crippen molar-refractivity contribution in [1.29, 1.82) is 5.26 Å². The van der Waals surface area contributed by atoms with Crippen molar-refractivity contribution in [2.45, 2.75) is 23.8 Å². The quantitative estimate of drug-likeness (QED) is 0.314. The van der Waals surface area contributed by atoms with Gasteiger partial charge in [-0.25, -0.2) is 4.39 Å². The topological polar surface area (TPSA) is 110 Å². The molecule has 3 N–H and O–H groups in total. The van der Waals surface area contributed by atoms with E-state index in [1.165, 1.54) is 6.21 Å². The third-order valence-corrected chi connectivity index (χ3v) is 6.29. The van der Waals surface area contributed by atoms with Crippen LogP contribution in [0.3, 0.4) is 0 Å². The molecule has 0 saturated carbocycles. The van der Waals surface area contributed by atoms with Gasteiger partial charge in [0.05, 0.1) is 24.3 Å². The summed E-state index contributed by atoms with van der Waals surface area (Å²) in [4.78, 5) is 14.3. The zero-order valence-electron chi connectivity index (χ0n) is 19.1. The van der Waals surface area contributed by atoms with Gasteiger partial charge in [-0.2, -0.15) is 5.26 Å². The fraction of sp³-hybridized carbons (Fsp3) is 0.261. The van der Waals surface area contributed by atoms with Gasteiger partial charge < -0.3 is 20.5 Å². The Morgan fingerprint density at radius 3 is 2.65 bits per heavy atom. The summed E-state index contributed by atoms with van der Waals surface area (Å²) in [6, 6.07) is 5.68. The van der Waals surface area contributed by atoms with Crippen molar-refractivity contribution in [3.8, 4) is 11.8 Å². The number of amides is 1. The number of benzene rings is 2. The summed E-state index contributed by atoms with van der Waals surface area (Å²) in [6.07, 6.45) is 4.02. The molecule has 0 bridgehead atoms. The zero-order chi connectivity index (χ0) is 27.3. The molecule has 0 spiro atoms. The maximum absolute atomic E-state index is 14.9. The number of hydrogen-bond acceptors (Lipinski definition) is 6. The third kappa shape index (κ3) is 7.64. The molecule has 1 aliphatic heterocycles. The van der Waals surface area contributed by atoms with Crippen LogP contribution in [0.25, 0.3) is 5.57 Å². The minimum atomic E-state index is -9.93. The van der Waals surface area contributed by atoms with Crippen LogP contribution >= 0.6 is 10.2 Å². The molecule has 2 aromatic carbocycles. The number of allylic oxidation sites excluding steroid dienone is 1. The van der Waals surface area contributed by atoms with Crippen LogP contribution in [0, 0.1) is 17.1 Å². The Balaban J connectivity index is 1.72. The summed E-state index contributed by atoms with van der Waals surface area (Å²) in [5, 5.41) is 11.7. The first-order valence-corrected chi connectivity index (χ1v) is 12.7. The molecule has 1 atom stereocenters. The lowest BCUT2D eigenvalue weighted by Gasteiger charge is -2.40. The summed E-state index contributed by atoms with van der Waals surface area (Å²) in [5.41, 5.74) is 5.27. The normalized spacial score (nSPS) is 18.5. The molecule has 1 amide bonds. The highest BCUT2D eigenvalue weighted by Gasteiger charge is 2.65. The molecule has 37 heavy (non-hydrogen) atoms. The second-order valence-electron chi connectivity index (χ2n) is 8.04. The van der Waals surface area contributed by atoms with E-state index in [1.807, 2.05) is 6.07 Å². The highest BCUT2D eigenvalue weighted by molar-refractivity contribution is 8.45. The minimum absolute atomic E-state index is 0.0821. The number of ether oxygens (including phenoxy) is 2. The van der Waals surface area contributed by atoms with Gasteiger partial charge in [-0.3, -0.25) is 9.79 Å². The number of nitrogens with two attached hydrogens (primary N) is 1. The lowest BCUT2D eigenvalue weighted by molar-refractivity contribution is -0.118. The Hall–Kier alpha value is -3.70. The molecule has 3 rings (SSSR count). The molecule has 1 fully saturated rings. The van der Waals surface area contributed by atoms with Gasteiger partial charge in [0, 0.05) is 41.9 Å². The van der Waals surface area contributed by atoms with Crippen molar-refractivity contribution in [2.75, 3.05) is 25.1 Å². The average Bonchev–Trinajstić information content (AvgIpc) is 2.83. The number of halogens is 6. The van der Waals surface area contributed by atoms with Crippen molar-refractivity contribution < 1.29 is 38.1 Å². The molecule has 1 unspecified atom stereocenters. The number of carbonyl (C=O) groups is 1. The summed E-state index contributed by atoms with van der Waals surface area (Å²) in [7, 11) is -9.93. The van der Waals surface area contributed by atoms with Crippen LogP contribution in [0.1, 0.15) is 24.0 Å².